The molecule has 0 bridgehead atoms. The summed E-state index contributed by atoms with van der Waals surface area (Å²) in [4.78, 5) is 36.9. The molecule has 1 heterocycles. The van der Waals surface area contributed by atoms with Crippen molar-refractivity contribution >= 4 is 23.6 Å². The number of anilines is 2. The number of nitrogens with zero attached hydrogens (tertiary/aromatic N) is 4. The number of nitrogens with one attached hydrogen (secondary N) is 1. The van der Waals surface area contributed by atoms with Gasteiger partial charge in [-0.1, -0.05) is 36.4 Å². The van der Waals surface area contributed by atoms with E-state index in [4.69, 9.17) is 9.47 Å². The predicted molar refractivity (Wildman–Crippen MR) is 149 cm³/mol. The predicted octanol–water partition coefficient (Wildman–Crippen LogP) is 5.56. The van der Waals surface area contributed by atoms with Gasteiger partial charge in [-0.2, -0.15) is 0 Å². The normalized spacial score (nSPS) is 11.8. The Hall–Kier alpha value is -4.14. The zero-order valence-electron chi connectivity index (χ0n) is 23.0. The Morgan fingerprint density at radius 2 is 1.68 bits per heavy atom. The number of benzene rings is 2. The number of hydrogen-bond acceptors (Lipinski definition) is 7. The summed E-state index contributed by atoms with van der Waals surface area (Å²) in [5, 5.41) is 3.01. The van der Waals surface area contributed by atoms with Crippen molar-refractivity contribution in [2.24, 2.45) is 0 Å². The number of aromatic nitrogens is 2. The molecule has 0 saturated heterocycles. The van der Waals surface area contributed by atoms with Crippen LogP contribution in [0.2, 0.25) is 0 Å². The van der Waals surface area contributed by atoms with Gasteiger partial charge in [-0.3, -0.25) is 4.79 Å². The number of hydrogen-bond donors (Lipinski definition) is 1. The largest absolute Gasteiger partial charge is 0.486 e. The molecule has 3 aromatic rings. The second-order valence-electron chi connectivity index (χ2n) is 9.89. The number of amides is 2. The maximum atomic E-state index is 13.0. The van der Waals surface area contributed by atoms with Crippen molar-refractivity contribution in [1.29, 1.82) is 0 Å². The van der Waals surface area contributed by atoms with Crippen molar-refractivity contribution in [3.63, 3.8) is 0 Å². The fourth-order valence-corrected chi connectivity index (χ4v) is 3.63. The monoisotopic (exact) mass is 519 g/mol. The van der Waals surface area contributed by atoms with Gasteiger partial charge in [0.1, 0.15) is 17.5 Å². The van der Waals surface area contributed by atoms with Gasteiger partial charge in [0.2, 0.25) is 5.95 Å². The lowest BCUT2D eigenvalue weighted by molar-refractivity contribution is 0.0278. The molecule has 1 aromatic heterocycles. The molecule has 0 radical (unpaired) electrons. The van der Waals surface area contributed by atoms with Gasteiger partial charge in [-0.25, -0.2) is 14.8 Å². The molecule has 202 valence electrons. The van der Waals surface area contributed by atoms with Crippen LogP contribution < -0.4 is 15.0 Å². The lowest BCUT2D eigenvalue weighted by Crippen LogP contribution is -2.35. The molecule has 38 heavy (non-hydrogen) atoms. The summed E-state index contributed by atoms with van der Waals surface area (Å²) in [6.45, 7) is 8.61. The number of rotatable bonds is 10. The zero-order valence-corrected chi connectivity index (χ0v) is 23.0. The van der Waals surface area contributed by atoms with Crippen molar-refractivity contribution in [2.75, 3.05) is 37.4 Å². The highest BCUT2D eigenvalue weighted by Crippen LogP contribution is 2.28. The average molecular weight is 520 g/mol. The number of ether oxygens (including phenoxy) is 2. The molecular formula is C29H37N5O4. The van der Waals surface area contributed by atoms with Crippen LogP contribution in [-0.2, 0) is 4.74 Å². The molecule has 2 aromatic carbocycles. The summed E-state index contributed by atoms with van der Waals surface area (Å²) in [6, 6.07) is 17.2. The van der Waals surface area contributed by atoms with Crippen LogP contribution in [0.1, 0.15) is 56.1 Å². The summed E-state index contributed by atoms with van der Waals surface area (Å²) < 4.78 is 11.9. The highest BCUT2D eigenvalue weighted by molar-refractivity contribution is 6.05. The van der Waals surface area contributed by atoms with Gasteiger partial charge >= 0.3 is 6.09 Å². The van der Waals surface area contributed by atoms with Gasteiger partial charge in [0.05, 0.1) is 5.56 Å². The van der Waals surface area contributed by atoms with Crippen molar-refractivity contribution in [1.82, 2.24) is 14.9 Å². The molecule has 1 atom stereocenters. The van der Waals surface area contributed by atoms with Crippen LogP contribution in [0.5, 0.6) is 5.75 Å². The third-order valence-electron chi connectivity index (χ3n) is 5.62. The van der Waals surface area contributed by atoms with E-state index >= 15 is 0 Å². The van der Waals surface area contributed by atoms with E-state index in [1.807, 2.05) is 82.3 Å². The van der Waals surface area contributed by atoms with Crippen molar-refractivity contribution in [2.45, 2.75) is 45.8 Å². The zero-order chi connectivity index (χ0) is 27.7. The number of carbonyl (C=O) groups excluding carboxylic acids is 2. The minimum absolute atomic E-state index is 0.233. The van der Waals surface area contributed by atoms with E-state index in [2.05, 4.69) is 15.3 Å². The van der Waals surface area contributed by atoms with Crippen LogP contribution in [0, 0.1) is 0 Å². The highest BCUT2D eigenvalue weighted by Gasteiger charge is 2.22. The summed E-state index contributed by atoms with van der Waals surface area (Å²) in [7, 11) is 3.41. The Balaban J connectivity index is 1.73. The first-order chi connectivity index (χ1) is 18.1. The lowest BCUT2D eigenvalue weighted by atomic mass is 10.1. The molecule has 9 nitrogen and oxygen atoms in total. The van der Waals surface area contributed by atoms with Crippen LogP contribution in [0.25, 0.3) is 0 Å². The van der Waals surface area contributed by atoms with Crippen molar-refractivity contribution in [3.05, 3.63) is 78.1 Å². The summed E-state index contributed by atoms with van der Waals surface area (Å²) in [5.41, 5.74) is 1.47. The number of carbonyl (C=O) groups is 2. The fraction of sp³-hybridized carbons (Fsp3) is 0.379. The fourth-order valence-electron chi connectivity index (χ4n) is 3.63. The van der Waals surface area contributed by atoms with E-state index in [0.29, 0.717) is 42.5 Å². The molecule has 0 aliphatic rings. The smallest absolute Gasteiger partial charge is 0.410 e. The standard InChI is InChI=1S/C29H37N5O4/c1-7-30-27-31-19-22(20-32-27)26(35)34(6)23-14-11-15-24(18-23)37-25(21-12-9-8-10-13-21)16-17-33(5)28(36)38-29(2,3)4/h8-15,18-20,25H,7,16-17H2,1-6H3,(H,30,31,32). The van der Waals surface area contributed by atoms with Gasteiger partial charge in [0, 0.05) is 57.8 Å². The van der Waals surface area contributed by atoms with E-state index in [1.165, 1.54) is 17.3 Å². The van der Waals surface area contributed by atoms with Crippen LogP contribution >= 0.6 is 0 Å². The van der Waals surface area contributed by atoms with Crippen LogP contribution in [0.3, 0.4) is 0 Å². The SMILES string of the molecule is CCNc1ncc(C(=O)N(C)c2cccc(OC(CCN(C)C(=O)OC(C)(C)C)c3ccccc3)c2)cn1. The molecule has 1 unspecified atom stereocenters. The van der Waals surface area contributed by atoms with E-state index in [1.54, 1.807) is 19.0 Å². The molecule has 0 aliphatic heterocycles. The average Bonchev–Trinajstić information content (AvgIpc) is 2.90. The molecule has 0 aliphatic carbocycles. The van der Waals surface area contributed by atoms with Crippen LogP contribution in [0.15, 0.2) is 67.0 Å². The third kappa shape index (κ3) is 8.19. The van der Waals surface area contributed by atoms with Crippen molar-refractivity contribution < 1.29 is 19.1 Å². The van der Waals surface area contributed by atoms with Crippen molar-refractivity contribution in [3.8, 4) is 5.75 Å². The Morgan fingerprint density at radius 3 is 2.32 bits per heavy atom. The molecule has 0 spiro atoms. The molecule has 0 saturated carbocycles. The van der Waals surface area contributed by atoms with Crippen LogP contribution in [-0.4, -0.2) is 59.7 Å². The summed E-state index contributed by atoms with van der Waals surface area (Å²) in [5.74, 6) is 0.852. The highest BCUT2D eigenvalue weighted by atomic mass is 16.6. The van der Waals surface area contributed by atoms with Gasteiger partial charge < -0.3 is 24.6 Å². The van der Waals surface area contributed by atoms with E-state index in [9.17, 15) is 9.59 Å². The molecule has 3 rings (SSSR count). The first-order valence-electron chi connectivity index (χ1n) is 12.7. The first-order valence-corrected chi connectivity index (χ1v) is 12.7. The maximum Gasteiger partial charge on any atom is 0.410 e. The van der Waals surface area contributed by atoms with E-state index in [0.717, 1.165) is 5.56 Å². The van der Waals surface area contributed by atoms with Gasteiger partial charge in [0.15, 0.2) is 0 Å². The van der Waals surface area contributed by atoms with E-state index < -0.39 is 5.60 Å². The second kappa shape index (κ2) is 12.9. The summed E-state index contributed by atoms with van der Waals surface area (Å²) in [6.07, 6.45) is 2.88. The second-order valence-corrected chi connectivity index (χ2v) is 9.89. The molecule has 9 heteroatoms. The molecule has 1 N–H and O–H groups in total. The van der Waals surface area contributed by atoms with Gasteiger partial charge in [-0.15, -0.1) is 0 Å². The maximum absolute atomic E-state index is 13.0. The Labute approximate surface area is 224 Å². The third-order valence-corrected chi connectivity index (χ3v) is 5.62. The van der Waals surface area contributed by atoms with Gasteiger partial charge in [-0.05, 0) is 45.4 Å². The Bertz CT molecular complexity index is 1200. The minimum Gasteiger partial charge on any atom is -0.486 e. The molecule has 2 amide bonds. The topological polar surface area (TPSA) is 96.9 Å². The lowest BCUT2D eigenvalue weighted by Gasteiger charge is -2.27. The molecular weight excluding hydrogens is 482 g/mol. The Kier molecular flexibility index (Phi) is 9.65. The van der Waals surface area contributed by atoms with Crippen LogP contribution in [0.4, 0.5) is 16.4 Å². The Morgan fingerprint density at radius 1 is 1.00 bits per heavy atom. The first kappa shape index (κ1) is 28.4. The quantitative estimate of drug-likeness (QED) is 0.374. The van der Waals surface area contributed by atoms with E-state index in [-0.39, 0.29) is 18.1 Å². The molecule has 0 fully saturated rings. The minimum atomic E-state index is -0.564. The summed E-state index contributed by atoms with van der Waals surface area (Å²) >= 11 is 0. The van der Waals surface area contributed by atoms with Gasteiger partial charge in [0.25, 0.3) is 5.91 Å².